The van der Waals surface area contributed by atoms with Crippen molar-refractivity contribution in [2.24, 2.45) is 0 Å². The number of hydrogen-bond acceptors (Lipinski definition) is 4. The molecule has 2 rings (SSSR count). The second-order valence-electron chi connectivity index (χ2n) is 4.10. The zero-order valence-corrected chi connectivity index (χ0v) is 9.42. The number of rotatable bonds is 2. The molecule has 1 aliphatic heterocycles. The Labute approximate surface area is 94.2 Å². The van der Waals surface area contributed by atoms with Crippen molar-refractivity contribution < 1.29 is 4.79 Å². The number of hydrogen-bond donors (Lipinski definition) is 3. The number of hydrazine groups is 1. The Morgan fingerprint density at radius 1 is 1.44 bits per heavy atom. The highest BCUT2D eigenvalue weighted by atomic mass is 16.2. The number of nitrogens with zero attached hydrogens (tertiary/aromatic N) is 2. The Morgan fingerprint density at radius 3 is 2.69 bits per heavy atom. The van der Waals surface area contributed by atoms with E-state index < -0.39 is 0 Å². The van der Waals surface area contributed by atoms with Gasteiger partial charge in [0.15, 0.2) is 5.82 Å². The minimum absolute atomic E-state index is 0.175. The maximum atomic E-state index is 11.9. The molecule has 6 heteroatoms. The molecule has 0 unspecified atom stereocenters. The third-order valence-corrected chi connectivity index (χ3v) is 2.82. The maximum Gasteiger partial charge on any atom is 0.271 e. The highest BCUT2D eigenvalue weighted by Crippen LogP contribution is 2.13. The van der Waals surface area contributed by atoms with Crippen LogP contribution in [0.25, 0.3) is 0 Å². The van der Waals surface area contributed by atoms with Gasteiger partial charge in [-0.05, 0) is 19.8 Å². The number of anilines is 1. The van der Waals surface area contributed by atoms with Crippen molar-refractivity contribution in [3.63, 3.8) is 0 Å². The summed E-state index contributed by atoms with van der Waals surface area (Å²) >= 11 is 0. The normalized spacial score (nSPS) is 17.3. The van der Waals surface area contributed by atoms with Crippen LogP contribution in [0.2, 0.25) is 0 Å². The molecule has 0 saturated carbocycles. The molecule has 4 N–H and O–H groups in total. The average molecular weight is 223 g/mol. The summed E-state index contributed by atoms with van der Waals surface area (Å²) in [6.45, 7) is 3.60. The maximum absolute atomic E-state index is 11.9. The Balaban J connectivity index is 2.02. The van der Waals surface area contributed by atoms with Gasteiger partial charge in [-0.2, -0.15) is 5.10 Å². The molecule has 0 spiro atoms. The average Bonchev–Trinajstić information content (AvgIpc) is 2.60. The van der Waals surface area contributed by atoms with Gasteiger partial charge < -0.3 is 5.73 Å². The lowest BCUT2D eigenvalue weighted by atomic mass is 10.2. The largest absolute Gasteiger partial charge is 0.382 e. The Kier molecular flexibility index (Phi) is 3.09. The van der Waals surface area contributed by atoms with Gasteiger partial charge in [-0.1, -0.05) is 6.42 Å². The first-order valence-electron chi connectivity index (χ1n) is 5.55. The highest BCUT2D eigenvalue weighted by Gasteiger charge is 2.19. The topological polar surface area (TPSA) is 87.0 Å². The first-order valence-corrected chi connectivity index (χ1v) is 5.55. The lowest BCUT2D eigenvalue weighted by Gasteiger charge is -2.26. The van der Waals surface area contributed by atoms with E-state index in [1.54, 1.807) is 6.92 Å². The number of nitrogens with one attached hydrogen (secondary N) is 2. The molecule has 0 aromatic carbocycles. The van der Waals surface area contributed by atoms with Crippen molar-refractivity contribution in [3.05, 3.63) is 11.3 Å². The Bertz CT molecular complexity index is 361. The van der Waals surface area contributed by atoms with Gasteiger partial charge in [0.1, 0.15) is 5.56 Å². The summed E-state index contributed by atoms with van der Waals surface area (Å²) in [4.78, 5) is 11.9. The number of carbonyl (C=O) groups is 1. The second-order valence-corrected chi connectivity index (χ2v) is 4.10. The summed E-state index contributed by atoms with van der Waals surface area (Å²) in [5.41, 5.74) is 9.63. The highest BCUT2D eigenvalue weighted by molar-refractivity contribution is 5.99. The van der Waals surface area contributed by atoms with Gasteiger partial charge in [0.25, 0.3) is 5.91 Å². The predicted octanol–water partition coefficient (Wildman–Crippen LogP) is 0.431. The van der Waals surface area contributed by atoms with Gasteiger partial charge in [-0.15, -0.1) is 0 Å². The van der Waals surface area contributed by atoms with E-state index in [4.69, 9.17) is 5.73 Å². The van der Waals surface area contributed by atoms with Crippen LogP contribution >= 0.6 is 0 Å². The van der Waals surface area contributed by atoms with Gasteiger partial charge in [-0.25, -0.2) is 5.01 Å². The van der Waals surface area contributed by atoms with Crippen molar-refractivity contribution >= 4 is 11.7 Å². The Hall–Kier alpha value is -1.56. The standard InChI is InChI=1S/C10H17N5O/c1-7-8(9(11)13-12-7)10(16)14-15-5-3-2-4-6-15/h2-6H2,1H3,(H,14,16)(H3,11,12,13). The molecular weight excluding hydrogens is 206 g/mol. The van der Waals surface area contributed by atoms with Gasteiger partial charge in [0, 0.05) is 18.8 Å². The number of aromatic nitrogens is 2. The van der Waals surface area contributed by atoms with Crippen molar-refractivity contribution in [1.29, 1.82) is 0 Å². The third kappa shape index (κ3) is 2.16. The molecule has 1 aromatic rings. The second kappa shape index (κ2) is 4.52. The number of aryl methyl sites for hydroxylation is 1. The summed E-state index contributed by atoms with van der Waals surface area (Å²) in [7, 11) is 0. The number of nitrogen functional groups attached to an aromatic ring is 1. The monoisotopic (exact) mass is 223 g/mol. The number of carbonyl (C=O) groups excluding carboxylic acids is 1. The molecule has 0 atom stereocenters. The zero-order chi connectivity index (χ0) is 11.5. The molecule has 88 valence electrons. The van der Waals surface area contributed by atoms with Crippen molar-refractivity contribution in [3.8, 4) is 0 Å². The quantitative estimate of drug-likeness (QED) is 0.678. The molecule has 1 saturated heterocycles. The fraction of sp³-hybridized carbons (Fsp3) is 0.600. The predicted molar refractivity (Wildman–Crippen MR) is 60.6 cm³/mol. The number of H-pyrrole nitrogens is 1. The molecule has 0 radical (unpaired) electrons. The lowest BCUT2D eigenvalue weighted by molar-refractivity contribution is 0.0750. The molecule has 1 aromatic heterocycles. The molecule has 1 fully saturated rings. The van der Waals surface area contributed by atoms with Crippen LogP contribution in [0, 0.1) is 6.92 Å². The number of piperidine rings is 1. The van der Waals surface area contributed by atoms with E-state index in [2.05, 4.69) is 15.6 Å². The molecule has 1 amide bonds. The van der Waals surface area contributed by atoms with Gasteiger partial charge >= 0.3 is 0 Å². The fourth-order valence-corrected chi connectivity index (χ4v) is 1.94. The molecule has 0 bridgehead atoms. The van der Waals surface area contributed by atoms with E-state index in [0.29, 0.717) is 11.3 Å². The van der Waals surface area contributed by atoms with E-state index in [9.17, 15) is 4.79 Å². The molecule has 0 aliphatic carbocycles. The smallest absolute Gasteiger partial charge is 0.271 e. The van der Waals surface area contributed by atoms with Gasteiger partial charge in [-0.3, -0.25) is 15.3 Å². The van der Waals surface area contributed by atoms with Gasteiger partial charge in [0.2, 0.25) is 0 Å². The van der Waals surface area contributed by atoms with Crippen LogP contribution in [-0.4, -0.2) is 34.2 Å². The van der Waals surface area contributed by atoms with Crippen LogP contribution < -0.4 is 11.2 Å². The van der Waals surface area contributed by atoms with Crippen LogP contribution in [0.1, 0.15) is 35.3 Å². The van der Waals surface area contributed by atoms with Crippen molar-refractivity contribution in [2.75, 3.05) is 18.8 Å². The summed E-state index contributed by atoms with van der Waals surface area (Å²) in [5.74, 6) is 0.0812. The van der Waals surface area contributed by atoms with E-state index in [-0.39, 0.29) is 11.7 Å². The van der Waals surface area contributed by atoms with E-state index in [1.807, 2.05) is 5.01 Å². The summed E-state index contributed by atoms with van der Waals surface area (Å²) < 4.78 is 0. The number of amides is 1. The zero-order valence-electron chi connectivity index (χ0n) is 9.42. The van der Waals surface area contributed by atoms with Crippen LogP contribution in [0.15, 0.2) is 0 Å². The number of nitrogens with two attached hydrogens (primary N) is 1. The van der Waals surface area contributed by atoms with Gasteiger partial charge in [0.05, 0.1) is 0 Å². The van der Waals surface area contributed by atoms with E-state index in [1.165, 1.54) is 6.42 Å². The lowest BCUT2D eigenvalue weighted by Crippen LogP contribution is -2.45. The van der Waals surface area contributed by atoms with Crippen LogP contribution in [0.4, 0.5) is 5.82 Å². The SMILES string of the molecule is Cc1[nH]nc(N)c1C(=O)NN1CCCCC1. The molecule has 2 heterocycles. The molecular formula is C10H17N5O. The van der Waals surface area contributed by atoms with Crippen LogP contribution in [0.3, 0.4) is 0 Å². The van der Waals surface area contributed by atoms with Crippen molar-refractivity contribution in [2.45, 2.75) is 26.2 Å². The van der Waals surface area contributed by atoms with Crippen LogP contribution in [-0.2, 0) is 0 Å². The first-order chi connectivity index (χ1) is 7.68. The fourth-order valence-electron chi connectivity index (χ4n) is 1.94. The summed E-state index contributed by atoms with van der Waals surface area (Å²) in [6, 6.07) is 0. The van der Waals surface area contributed by atoms with Crippen molar-refractivity contribution in [1.82, 2.24) is 20.6 Å². The third-order valence-electron chi connectivity index (χ3n) is 2.82. The van der Waals surface area contributed by atoms with E-state index in [0.717, 1.165) is 25.9 Å². The number of aromatic amines is 1. The van der Waals surface area contributed by atoms with E-state index >= 15 is 0 Å². The minimum atomic E-state index is -0.175. The molecule has 6 nitrogen and oxygen atoms in total. The van der Waals surface area contributed by atoms with Crippen LogP contribution in [0.5, 0.6) is 0 Å². The molecule has 16 heavy (non-hydrogen) atoms. The Morgan fingerprint density at radius 2 is 2.12 bits per heavy atom. The minimum Gasteiger partial charge on any atom is -0.382 e. The summed E-state index contributed by atoms with van der Waals surface area (Å²) in [5, 5.41) is 8.45. The summed E-state index contributed by atoms with van der Waals surface area (Å²) in [6.07, 6.45) is 3.49. The first kappa shape index (κ1) is 10.9. The molecule has 1 aliphatic rings.